The van der Waals surface area contributed by atoms with Crippen molar-refractivity contribution in [1.82, 2.24) is 4.98 Å². The molecule has 0 aliphatic carbocycles. The summed E-state index contributed by atoms with van der Waals surface area (Å²) in [6.45, 7) is -0.807. The number of halogens is 4. The topological polar surface area (TPSA) is 128 Å². The highest BCUT2D eigenvalue weighted by atomic mass is 35.5. The standard InChI is InChI=1S/C13H9ClF3N3O5S2/c14-8-2-7(13(15,16)17)3-19-11(8)20-9(21)4-25-12(22)6-1-10(26-5-6)27(18,23)24/h1-3,5H,4H2,(H2,18,23,24)(H,19,20,21). The molecule has 8 nitrogen and oxygen atoms in total. The molecule has 0 saturated heterocycles. The largest absolute Gasteiger partial charge is 0.452 e. The number of pyridine rings is 1. The minimum atomic E-state index is -4.65. The summed E-state index contributed by atoms with van der Waals surface area (Å²) in [4.78, 5) is 26.9. The van der Waals surface area contributed by atoms with Crippen LogP contribution in [0.2, 0.25) is 5.02 Å². The third-order valence-electron chi connectivity index (χ3n) is 2.85. The zero-order chi connectivity index (χ0) is 20.4. The van der Waals surface area contributed by atoms with E-state index < -0.39 is 45.3 Å². The minimum absolute atomic E-state index is 0.137. The number of primary sulfonamides is 1. The van der Waals surface area contributed by atoms with Crippen LogP contribution in [0.15, 0.2) is 27.9 Å². The summed E-state index contributed by atoms with van der Waals surface area (Å²) in [5, 5.41) is 7.71. The zero-order valence-electron chi connectivity index (χ0n) is 12.9. The molecule has 3 N–H and O–H groups in total. The second-order valence-corrected chi connectivity index (χ2v) is 7.98. The van der Waals surface area contributed by atoms with E-state index in [1.54, 1.807) is 0 Å². The van der Waals surface area contributed by atoms with Crippen molar-refractivity contribution in [2.75, 3.05) is 11.9 Å². The molecule has 0 saturated carbocycles. The Morgan fingerprint density at radius 1 is 1.33 bits per heavy atom. The molecule has 2 aromatic heterocycles. The Morgan fingerprint density at radius 3 is 2.52 bits per heavy atom. The van der Waals surface area contributed by atoms with Gasteiger partial charge in [-0.25, -0.2) is 23.3 Å². The van der Waals surface area contributed by atoms with E-state index in [0.717, 1.165) is 6.07 Å². The van der Waals surface area contributed by atoms with Crippen molar-refractivity contribution in [2.24, 2.45) is 5.14 Å². The number of sulfonamides is 1. The fraction of sp³-hybridized carbons (Fsp3) is 0.154. The van der Waals surface area contributed by atoms with Crippen molar-refractivity contribution < 1.29 is 35.9 Å². The second-order valence-electron chi connectivity index (χ2n) is 4.88. The second kappa shape index (κ2) is 7.80. The number of carbonyl (C=O) groups excluding carboxylic acids is 2. The Bertz CT molecular complexity index is 991. The molecule has 0 aliphatic heterocycles. The number of thiophene rings is 1. The van der Waals surface area contributed by atoms with Crippen molar-refractivity contribution in [3.63, 3.8) is 0 Å². The van der Waals surface area contributed by atoms with Crippen LogP contribution in [0.5, 0.6) is 0 Å². The van der Waals surface area contributed by atoms with Crippen molar-refractivity contribution in [2.45, 2.75) is 10.4 Å². The van der Waals surface area contributed by atoms with Crippen LogP contribution in [0.25, 0.3) is 0 Å². The number of hydrogen-bond acceptors (Lipinski definition) is 7. The number of carbonyl (C=O) groups is 2. The first-order valence-electron chi connectivity index (χ1n) is 6.69. The van der Waals surface area contributed by atoms with Gasteiger partial charge in [-0.05, 0) is 12.1 Å². The third-order valence-corrected chi connectivity index (χ3v) is 5.53. The lowest BCUT2D eigenvalue weighted by Gasteiger charge is -2.10. The van der Waals surface area contributed by atoms with E-state index in [-0.39, 0.29) is 15.6 Å². The summed E-state index contributed by atoms with van der Waals surface area (Å²) < 4.78 is 64.2. The van der Waals surface area contributed by atoms with Crippen LogP contribution in [0, 0.1) is 0 Å². The molecule has 0 unspecified atom stereocenters. The average Bonchev–Trinajstić information content (AvgIpc) is 3.04. The van der Waals surface area contributed by atoms with Gasteiger partial charge in [0, 0.05) is 11.6 Å². The molecule has 2 rings (SSSR count). The van der Waals surface area contributed by atoms with E-state index >= 15 is 0 Å². The minimum Gasteiger partial charge on any atom is -0.452 e. The fourth-order valence-corrected chi connectivity index (χ4v) is 3.43. The molecule has 0 aliphatic rings. The van der Waals surface area contributed by atoms with Gasteiger partial charge in [-0.1, -0.05) is 11.6 Å². The first-order chi connectivity index (χ1) is 12.4. The van der Waals surface area contributed by atoms with Gasteiger partial charge in [0.15, 0.2) is 12.4 Å². The lowest BCUT2D eigenvalue weighted by molar-refractivity contribution is -0.137. The molecule has 0 spiro atoms. The van der Waals surface area contributed by atoms with E-state index in [1.165, 1.54) is 5.38 Å². The van der Waals surface area contributed by atoms with Gasteiger partial charge in [0.05, 0.1) is 16.1 Å². The third kappa shape index (κ3) is 5.63. The van der Waals surface area contributed by atoms with Crippen molar-refractivity contribution in [1.29, 1.82) is 0 Å². The van der Waals surface area contributed by atoms with Crippen LogP contribution in [0.1, 0.15) is 15.9 Å². The van der Waals surface area contributed by atoms with Gasteiger partial charge in [-0.3, -0.25) is 4.79 Å². The molecule has 0 bridgehead atoms. The quantitative estimate of drug-likeness (QED) is 0.682. The highest BCUT2D eigenvalue weighted by Crippen LogP contribution is 2.32. The molecule has 0 fully saturated rings. The van der Waals surface area contributed by atoms with Gasteiger partial charge in [-0.2, -0.15) is 13.2 Å². The van der Waals surface area contributed by atoms with Crippen LogP contribution >= 0.6 is 22.9 Å². The Balaban J connectivity index is 1.96. The van der Waals surface area contributed by atoms with Crippen molar-refractivity contribution >= 4 is 50.7 Å². The summed E-state index contributed by atoms with van der Waals surface area (Å²) in [5.41, 5.74) is -1.23. The normalized spacial score (nSPS) is 11.9. The zero-order valence-corrected chi connectivity index (χ0v) is 15.3. The van der Waals surface area contributed by atoms with Crippen LogP contribution in [-0.2, 0) is 25.7 Å². The highest BCUT2D eigenvalue weighted by Gasteiger charge is 2.31. The Labute approximate surface area is 159 Å². The van der Waals surface area contributed by atoms with E-state index in [1.807, 2.05) is 0 Å². The molecule has 2 heterocycles. The number of rotatable bonds is 5. The molecule has 0 aromatic carbocycles. The first-order valence-corrected chi connectivity index (χ1v) is 9.49. The number of ether oxygens (including phenoxy) is 1. The number of alkyl halides is 3. The number of esters is 1. The van der Waals surface area contributed by atoms with Crippen molar-refractivity contribution in [3.8, 4) is 0 Å². The maximum atomic E-state index is 12.5. The summed E-state index contributed by atoms with van der Waals surface area (Å²) in [7, 11) is -3.98. The molecule has 1 amide bonds. The molecule has 0 atom stereocenters. The summed E-state index contributed by atoms with van der Waals surface area (Å²) >= 11 is 6.32. The van der Waals surface area contributed by atoms with Gasteiger partial charge in [-0.15, -0.1) is 11.3 Å². The van der Waals surface area contributed by atoms with E-state index in [2.05, 4.69) is 15.0 Å². The monoisotopic (exact) mass is 443 g/mol. The number of amides is 1. The van der Waals surface area contributed by atoms with E-state index in [9.17, 15) is 31.2 Å². The van der Waals surface area contributed by atoms with E-state index in [0.29, 0.717) is 23.6 Å². The maximum Gasteiger partial charge on any atom is 0.417 e. The van der Waals surface area contributed by atoms with Gasteiger partial charge in [0.25, 0.3) is 5.91 Å². The van der Waals surface area contributed by atoms with Crippen LogP contribution < -0.4 is 10.5 Å². The SMILES string of the molecule is NS(=O)(=O)c1cc(C(=O)OCC(=O)Nc2ncc(C(F)(F)F)cc2Cl)cs1. The first kappa shape index (κ1) is 21.1. The summed E-state index contributed by atoms with van der Waals surface area (Å²) in [5.74, 6) is -2.26. The Morgan fingerprint density at radius 2 is 2.00 bits per heavy atom. The maximum absolute atomic E-state index is 12.5. The summed E-state index contributed by atoms with van der Waals surface area (Å²) in [6, 6.07) is 1.56. The lowest BCUT2D eigenvalue weighted by atomic mass is 10.3. The fourth-order valence-electron chi connectivity index (χ4n) is 1.64. The molecule has 146 valence electrons. The van der Waals surface area contributed by atoms with Crippen LogP contribution in [-0.4, -0.2) is 31.9 Å². The number of anilines is 1. The number of nitrogens with zero attached hydrogens (tertiary/aromatic N) is 1. The molecule has 2 aromatic rings. The lowest BCUT2D eigenvalue weighted by Crippen LogP contribution is -2.21. The molecular formula is C13H9ClF3N3O5S2. The number of hydrogen-bond donors (Lipinski definition) is 2. The number of nitrogens with two attached hydrogens (primary N) is 1. The molecule has 27 heavy (non-hydrogen) atoms. The number of aromatic nitrogens is 1. The number of nitrogens with one attached hydrogen (secondary N) is 1. The molecular weight excluding hydrogens is 435 g/mol. The predicted octanol–water partition coefficient (Wildman–Crippen LogP) is 2.26. The Hall–Kier alpha value is -2.22. The molecule has 14 heteroatoms. The summed E-state index contributed by atoms with van der Waals surface area (Å²) in [6.07, 6.45) is -4.17. The van der Waals surface area contributed by atoms with Gasteiger partial charge >= 0.3 is 12.1 Å². The van der Waals surface area contributed by atoms with Gasteiger partial charge < -0.3 is 10.1 Å². The highest BCUT2D eigenvalue weighted by molar-refractivity contribution is 7.91. The Kier molecular flexibility index (Phi) is 6.09. The van der Waals surface area contributed by atoms with Gasteiger partial charge in [0.1, 0.15) is 4.21 Å². The van der Waals surface area contributed by atoms with Crippen molar-refractivity contribution in [3.05, 3.63) is 39.9 Å². The smallest absolute Gasteiger partial charge is 0.417 e. The average molecular weight is 444 g/mol. The van der Waals surface area contributed by atoms with Crippen LogP contribution in [0.3, 0.4) is 0 Å². The van der Waals surface area contributed by atoms with Gasteiger partial charge in [0.2, 0.25) is 10.0 Å². The predicted molar refractivity (Wildman–Crippen MR) is 88.9 cm³/mol. The molecule has 0 radical (unpaired) electrons. The van der Waals surface area contributed by atoms with Crippen LogP contribution in [0.4, 0.5) is 19.0 Å². The van der Waals surface area contributed by atoms with E-state index in [4.69, 9.17) is 16.7 Å².